The zero-order valence-electron chi connectivity index (χ0n) is 14.4. The van der Waals surface area contributed by atoms with E-state index in [2.05, 4.69) is 10.0 Å². The topological polar surface area (TPSA) is 122 Å². The zero-order chi connectivity index (χ0) is 20.2. The fourth-order valence-electron chi connectivity index (χ4n) is 2.17. The Labute approximate surface area is 161 Å². The molecule has 0 bridgehead atoms. The summed E-state index contributed by atoms with van der Waals surface area (Å²) in [7, 11) is -3.94. The van der Waals surface area contributed by atoms with Gasteiger partial charge in [-0.25, -0.2) is 13.2 Å². The summed E-state index contributed by atoms with van der Waals surface area (Å²) in [6.45, 7) is 2.42. The zero-order valence-corrected chi connectivity index (χ0v) is 16.0. The molecule has 10 heteroatoms. The van der Waals surface area contributed by atoms with Crippen LogP contribution in [0.2, 0.25) is 5.02 Å². The second-order valence-corrected chi connectivity index (χ2v) is 7.68. The average molecular weight is 413 g/mol. The van der Waals surface area contributed by atoms with E-state index in [1.165, 1.54) is 43.3 Å². The Morgan fingerprint density at radius 3 is 2.44 bits per heavy atom. The molecular weight excluding hydrogens is 396 g/mol. The van der Waals surface area contributed by atoms with Gasteiger partial charge in [-0.2, -0.15) is 0 Å². The second kappa shape index (κ2) is 8.28. The van der Waals surface area contributed by atoms with Gasteiger partial charge in [-0.15, -0.1) is 0 Å². The third-order valence-electron chi connectivity index (χ3n) is 3.34. The number of carbonyl (C=O) groups is 2. The molecule has 0 atom stereocenters. The Balaban J connectivity index is 2.22. The van der Waals surface area contributed by atoms with Gasteiger partial charge >= 0.3 is 5.97 Å². The van der Waals surface area contributed by atoms with E-state index in [9.17, 15) is 18.0 Å². The summed E-state index contributed by atoms with van der Waals surface area (Å²) in [6, 6.07) is 8.41. The summed E-state index contributed by atoms with van der Waals surface area (Å²) >= 11 is 6.08. The van der Waals surface area contributed by atoms with Crippen LogP contribution >= 0.6 is 11.6 Å². The van der Waals surface area contributed by atoms with Gasteiger partial charge < -0.3 is 15.2 Å². The number of anilines is 2. The Morgan fingerprint density at radius 2 is 1.89 bits per heavy atom. The number of carboxylic acids is 1. The number of aryl methyl sites for hydroxylation is 1. The van der Waals surface area contributed by atoms with E-state index in [-0.39, 0.29) is 27.3 Å². The van der Waals surface area contributed by atoms with Crippen LogP contribution in [0.25, 0.3) is 0 Å². The first-order valence-corrected chi connectivity index (χ1v) is 9.50. The van der Waals surface area contributed by atoms with E-state index in [1.54, 1.807) is 6.92 Å². The summed E-state index contributed by atoms with van der Waals surface area (Å²) < 4.78 is 32.6. The fraction of sp³-hybridized carbons (Fsp3) is 0.176. The lowest BCUT2D eigenvalue weighted by Crippen LogP contribution is -2.14. The minimum atomic E-state index is -3.94. The van der Waals surface area contributed by atoms with Gasteiger partial charge in [0.15, 0.2) is 6.61 Å². The van der Waals surface area contributed by atoms with Gasteiger partial charge in [0.25, 0.3) is 10.0 Å². The molecule has 2 rings (SSSR count). The summed E-state index contributed by atoms with van der Waals surface area (Å²) in [5.41, 5.74) is 1.05. The van der Waals surface area contributed by atoms with Crippen LogP contribution in [0.3, 0.4) is 0 Å². The molecule has 2 aromatic rings. The van der Waals surface area contributed by atoms with Crippen LogP contribution in [0.4, 0.5) is 11.4 Å². The fourth-order valence-corrected chi connectivity index (χ4v) is 3.62. The van der Waals surface area contributed by atoms with Gasteiger partial charge in [0, 0.05) is 12.6 Å². The quantitative estimate of drug-likeness (QED) is 0.642. The van der Waals surface area contributed by atoms with Gasteiger partial charge in [0.05, 0.1) is 15.6 Å². The lowest BCUT2D eigenvalue weighted by Gasteiger charge is -2.13. The smallest absolute Gasteiger partial charge is 0.341 e. The summed E-state index contributed by atoms with van der Waals surface area (Å²) in [5, 5.41) is 11.3. The number of carbonyl (C=O) groups excluding carboxylic acids is 1. The van der Waals surface area contributed by atoms with Crippen LogP contribution in [-0.4, -0.2) is 32.0 Å². The first-order chi connectivity index (χ1) is 12.6. The molecule has 0 aliphatic rings. The van der Waals surface area contributed by atoms with Crippen molar-refractivity contribution in [3.05, 3.63) is 47.0 Å². The van der Waals surface area contributed by atoms with Crippen molar-refractivity contribution in [1.82, 2.24) is 0 Å². The van der Waals surface area contributed by atoms with Crippen LogP contribution < -0.4 is 14.8 Å². The number of hydrogen-bond acceptors (Lipinski definition) is 5. The van der Waals surface area contributed by atoms with Crippen LogP contribution in [0.5, 0.6) is 5.75 Å². The van der Waals surface area contributed by atoms with Crippen LogP contribution in [0.1, 0.15) is 12.5 Å². The van der Waals surface area contributed by atoms with Gasteiger partial charge in [-0.3, -0.25) is 9.52 Å². The molecule has 0 saturated heterocycles. The molecule has 3 N–H and O–H groups in total. The summed E-state index contributed by atoms with van der Waals surface area (Å²) in [4.78, 5) is 21.6. The van der Waals surface area contributed by atoms with Crippen LogP contribution in [-0.2, 0) is 19.6 Å². The predicted octanol–water partition coefficient (Wildman–Crippen LogP) is 2.87. The molecule has 0 unspecified atom stereocenters. The molecule has 144 valence electrons. The largest absolute Gasteiger partial charge is 0.482 e. The van der Waals surface area contributed by atoms with Gasteiger partial charge in [0.2, 0.25) is 5.91 Å². The van der Waals surface area contributed by atoms with Crippen molar-refractivity contribution in [3.63, 3.8) is 0 Å². The molecule has 0 aliphatic carbocycles. The van der Waals surface area contributed by atoms with E-state index in [4.69, 9.17) is 21.4 Å². The summed E-state index contributed by atoms with van der Waals surface area (Å²) in [5.74, 6) is -1.14. The lowest BCUT2D eigenvalue weighted by molar-refractivity contribution is -0.139. The maximum atomic E-state index is 12.6. The predicted molar refractivity (Wildman–Crippen MR) is 101 cm³/mol. The first-order valence-electron chi connectivity index (χ1n) is 7.63. The molecule has 0 saturated carbocycles. The number of nitrogens with one attached hydrogen (secondary N) is 2. The number of carboxylic acid groups (broad SMARTS) is 1. The molecule has 0 spiro atoms. The number of hydrogen-bond donors (Lipinski definition) is 3. The third kappa shape index (κ3) is 5.60. The number of aliphatic carboxylic acids is 1. The Kier molecular flexibility index (Phi) is 6.29. The molecule has 0 radical (unpaired) electrons. The SMILES string of the molecule is CC(=O)Nc1ccc(NS(=O)(=O)c2ccc(OCC(=O)O)c(C)c2)c(Cl)c1. The normalized spacial score (nSPS) is 10.9. The molecule has 0 aromatic heterocycles. The number of rotatable bonds is 7. The van der Waals surface area contributed by atoms with E-state index >= 15 is 0 Å². The van der Waals surface area contributed by atoms with Gasteiger partial charge in [-0.05, 0) is 48.9 Å². The number of ether oxygens (including phenoxy) is 1. The monoisotopic (exact) mass is 412 g/mol. The minimum absolute atomic E-state index is 0.0373. The molecule has 0 fully saturated rings. The van der Waals surface area contributed by atoms with Crippen molar-refractivity contribution in [2.75, 3.05) is 16.6 Å². The van der Waals surface area contributed by atoms with E-state index in [1.807, 2.05) is 0 Å². The maximum absolute atomic E-state index is 12.6. The molecule has 1 amide bonds. The highest BCUT2D eigenvalue weighted by Crippen LogP contribution is 2.29. The van der Waals surface area contributed by atoms with E-state index in [0.717, 1.165) is 0 Å². The van der Waals surface area contributed by atoms with Crippen molar-refractivity contribution in [2.45, 2.75) is 18.7 Å². The summed E-state index contributed by atoms with van der Waals surface area (Å²) in [6.07, 6.45) is 0. The maximum Gasteiger partial charge on any atom is 0.341 e. The first kappa shape index (κ1) is 20.5. The lowest BCUT2D eigenvalue weighted by atomic mass is 10.2. The Bertz CT molecular complexity index is 991. The number of benzene rings is 2. The van der Waals surface area contributed by atoms with Crippen molar-refractivity contribution in [1.29, 1.82) is 0 Å². The molecule has 0 heterocycles. The van der Waals surface area contributed by atoms with Crippen molar-refractivity contribution >= 4 is 44.9 Å². The third-order valence-corrected chi connectivity index (χ3v) is 5.02. The number of sulfonamides is 1. The van der Waals surface area contributed by atoms with Crippen molar-refractivity contribution < 1.29 is 27.9 Å². The standard InChI is InChI=1S/C17H17ClN2O6S/c1-10-7-13(4-6-16(10)26-9-17(22)23)27(24,25)20-15-5-3-12(8-14(15)18)19-11(2)21/h3-8,20H,9H2,1-2H3,(H,19,21)(H,22,23). The van der Waals surface area contributed by atoms with Crippen LogP contribution in [0, 0.1) is 6.92 Å². The average Bonchev–Trinajstić information content (AvgIpc) is 2.55. The van der Waals surface area contributed by atoms with Gasteiger partial charge in [-0.1, -0.05) is 11.6 Å². The highest BCUT2D eigenvalue weighted by atomic mass is 35.5. The second-order valence-electron chi connectivity index (χ2n) is 5.59. The van der Waals surface area contributed by atoms with E-state index in [0.29, 0.717) is 11.3 Å². The van der Waals surface area contributed by atoms with E-state index < -0.39 is 22.6 Å². The van der Waals surface area contributed by atoms with Gasteiger partial charge in [0.1, 0.15) is 5.75 Å². The molecular formula is C17H17ClN2O6S. The molecule has 0 aliphatic heterocycles. The Hall–Kier alpha value is -2.78. The minimum Gasteiger partial charge on any atom is -0.482 e. The molecule has 8 nitrogen and oxygen atoms in total. The van der Waals surface area contributed by atoms with Crippen LogP contribution in [0.15, 0.2) is 41.3 Å². The Morgan fingerprint density at radius 1 is 1.19 bits per heavy atom. The van der Waals surface area contributed by atoms with Crippen molar-refractivity contribution in [2.24, 2.45) is 0 Å². The number of halogens is 1. The molecule has 27 heavy (non-hydrogen) atoms. The highest BCUT2D eigenvalue weighted by Gasteiger charge is 2.18. The van der Waals surface area contributed by atoms with Crippen molar-refractivity contribution in [3.8, 4) is 5.75 Å². The number of amides is 1. The highest BCUT2D eigenvalue weighted by molar-refractivity contribution is 7.92. The molecule has 2 aromatic carbocycles.